The minimum Gasteiger partial charge on any atom is -0.269 e. The van der Waals surface area contributed by atoms with E-state index in [9.17, 15) is 14.0 Å². The number of amides is 2. The maximum Gasteiger partial charge on any atom is 0.261 e. The van der Waals surface area contributed by atoms with E-state index in [1.54, 1.807) is 19.9 Å². The van der Waals surface area contributed by atoms with Crippen molar-refractivity contribution in [1.82, 2.24) is 0 Å². The molecule has 0 unspecified atom stereocenters. The van der Waals surface area contributed by atoms with Crippen LogP contribution in [0.25, 0.3) is 0 Å². The first-order chi connectivity index (χ1) is 8.47. The number of halogens is 1. The number of hydrogen-bond acceptors (Lipinski definition) is 3. The lowest BCUT2D eigenvalue weighted by Gasteiger charge is -2.15. The van der Waals surface area contributed by atoms with Crippen molar-refractivity contribution in [2.75, 3.05) is 4.90 Å². The molecule has 0 bridgehead atoms. The van der Waals surface area contributed by atoms with Crippen LogP contribution in [0.2, 0.25) is 0 Å². The SMILES string of the molecule is CC1=C(C)C(=O)N(c2ccc(F)c(C#N)c2)C1=O. The summed E-state index contributed by atoms with van der Waals surface area (Å²) in [4.78, 5) is 24.7. The molecule has 0 saturated carbocycles. The Labute approximate surface area is 103 Å². The van der Waals surface area contributed by atoms with Crippen LogP contribution >= 0.6 is 0 Å². The summed E-state index contributed by atoms with van der Waals surface area (Å²) in [6, 6.07) is 5.24. The van der Waals surface area contributed by atoms with E-state index in [0.29, 0.717) is 11.1 Å². The molecular weight excluding hydrogens is 235 g/mol. The molecule has 1 heterocycles. The second-order valence-corrected chi connectivity index (χ2v) is 3.97. The molecule has 1 aliphatic rings. The topological polar surface area (TPSA) is 61.2 Å². The van der Waals surface area contributed by atoms with E-state index in [1.165, 1.54) is 12.1 Å². The van der Waals surface area contributed by atoms with Gasteiger partial charge in [-0.2, -0.15) is 5.26 Å². The van der Waals surface area contributed by atoms with Gasteiger partial charge in [0.25, 0.3) is 11.8 Å². The number of hydrogen-bond donors (Lipinski definition) is 0. The number of carbonyl (C=O) groups excluding carboxylic acids is 2. The molecule has 0 radical (unpaired) electrons. The Hall–Kier alpha value is -2.48. The van der Waals surface area contributed by atoms with Crippen LogP contribution < -0.4 is 4.90 Å². The van der Waals surface area contributed by atoms with Crippen molar-refractivity contribution in [3.05, 3.63) is 40.7 Å². The molecule has 0 aromatic heterocycles. The fraction of sp³-hybridized carbons (Fsp3) is 0.154. The van der Waals surface area contributed by atoms with Gasteiger partial charge in [-0.05, 0) is 32.0 Å². The predicted octanol–water partition coefficient (Wildman–Crippen LogP) is 1.91. The third-order valence-electron chi connectivity index (χ3n) is 2.94. The summed E-state index contributed by atoms with van der Waals surface area (Å²) < 4.78 is 13.2. The average Bonchev–Trinajstić information content (AvgIpc) is 2.55. The van der Waals surface area contributed by atoms with E-state index in [-0.39, 0.29) is 11.3 Å². The van der Waals surface area contributed by atoms with Crippen LogP contribution in [0.5, 0.6) is 0 Å². The Morgan fingerprint density at radius 1 is 1.17 bits per heavy atom. The van der Waals surface area contributed by atoms with Gasteiger partial charge in [0, 0.05) is 11.1 Å². The Morgan fingerprint density at radius 2 is 1.72 bits per heavy atom. The number of carbonyl (C=O) groups is 2. The lowest BCUT2D eigenvalue weighted by atomic mass is 10.2. The molecule has 1 aromatic rings. The first-order valence-electron chi connectivity index (χ1n) is 5.23. The van der Waals surface area contributed by atoms with Gasteiger partial charge >= 0.3 is 0 Å². The number of benzene rings is 1. The van der Waals surface area contributed by atoms with Crippen molar-refractivity contribution < 1.29 is 14.0 Å². The van der Waals surface area contributed by atoms with Gasteiger partial charge in [0.15, 0.2) is 0 Å². The first kappa shape index (κ1) is 12.0. The Balaban J connectivity index is 2.50. The van der Waals surface area contributed by atoms with E-state index < -0.39 is 17.6 Å². The molecule has 5 heteroatoms. The van der Waals surface area contributed by atoms with Crippen LogP contribution in [-0.2, 0) is 9.59 Å². The fourth-order valence-electron chi connectivity index (χ4n) is 1.72. The molecule has 2 rings (SSSR count). The zero-order valence-electron chi connectivity index (χ0n) is 9.82. The molecule has 0 atom stereocenters. The predicted molar refractivity (Wildman–Crippen MR) is 62.0 cm³/mol. The summed E-state index contributed by atoms with van der Waals surface area (Å²) in [7, 11) is 0. The number of anilines is 1. The quantitative estimate of drug-likeness (QED) is 0.709. The van der Waals surface area contributed by atoms with Gasteiger partial charge in [-0.25, -0.2) is 9.29 Å². The third kappa shape index (κ3) is 1.59. The van der Waals surface area contributed by atoms with Gasteiger partial charge in [0.2, 0.25) is 0 Å². The van der Waals surface area contributed by atoms with Crippen LogP contribution in [0, 0.1) is 17.1 Å². The second kappa shape index (κ2) is 4.08. The summed E-state index contributed by atoms with van der Waals surface area (Å²) in [6.45, 7) is 3.12. The standard InChI is InChI=1S/C13H9FN2O2/c1-7-8(2)13(18)16(12(7)17)10-3-4-11(14)9(5-10)6-15/h3-5H,1-2H3. The van der Waals surface area contributed by atoms with E-state index in [2.05, 4.69) is 0 Å². The summed E-state index contributed by atoms with van der Waals surface area (Å²) >= 11 is 0. The van der Waals surface area contributed by atoms with Crippen LogP contribution in [-0.4, -0.2) is 11.8 Å². The highest BCUT2D eigenvalue weighted by Gasteiger charge is 2.34. The number of imide groups is 1. The Bertz CT molecular complexity index is 617. The highest BCUT2D eigenvalue weighted by Crippen LogP contribution is 2.27. The highest BCUT2D eigenvalue weighted by molar-refractivity contribution is 6.32. The minimum atomic E-state index is -0.679. The van der Waals surface area contributed by atoms with Gasteiger partial charge in [0.05, 0.1) is 11.3 Å². The van der Waals surface area contributed by atoms with Gasteiger partial charge < -0.3 is 0 Å². The largest absolute Gasteiger partial charge is 0.269 e. The van der Waals surface area contributed by atoms with E-state index in [4.69, 9.17) is 5.26 Å². The molecule has 1 aromatic carbocycles. The maximum atomic E-state index is 13.2. The molecule has 0 N–H and O–H groups in total. The van der Waals surface area contributed by atoms with Gasteiger partial charge in [-0.3, -0.25) is 9.59 Å². The molecule has 4 nitrogen and oxygen atoms in total. The summed E-state index contributed by atoms with van der Waals surface area (Å²) in [5, 5.41) is 8.73. The van der Waals surface area contributed by atoms with Crippen molar-refractivity contribution in [2.24, 2.45) is 0 Å². The van der Waals surface area contributed by atoms with E-state index in [0.717, 1.165) is 11.0 Å². The molecule has 0 spiro atoms. The van der Waals surface area contributed by atoms with Gasteiger partial charge in [-0.1, -0.05) is 0 Å². The minimum absolute atomic E-state index is 0.199. The molecule has 90 valence electrons. The lowest BCUT2D eigenvalue weighted by Crippen LogP contribution is -2.31. The average molecular weight is 244 g/mol. The van der Waals surface area contributed by atoms with Gasteiger partial charge in [-0.15, -0.1) is 0 Å². The number of nitrogens with zero attached hydrogens (tertiary/aromatic N) is 2. The van der Waals surface area contributed by atoms with Crippen molar-refractivity contribution in [3.63, 3.8) is 0 Å². The molecule has 0 saturated heterocycles. The van der Waals surface area contributed by atoms with Crippen LogP contribution in [0.3, 0.4) is 0 Å². The normalized spacial score (nSPS) is 15.3. The fourth-order valence-corrected chi connectivity index (χ4v) is 1.72. The molecule has 0 fully saturated rings. The van der Waals surface area contributed by atoms with Crippen molar-refractivity contribution in [1.29, 1.82) is 5.26 Å². The van der Waals surface area contributed by atoms with Crippen molar-refractivity contribution >= 4 is 17.5 Å². The maximum absolute atomic E-state index is 13.2. The zero-order valence-corrected chi connectivity index (χ0v) is 9.82. The van der Waals surface area contributed by atoms with Crippen LogP contribution in [0.15, 0.2) is 29.3 Å². The zero-order chi connectivity index (χ0) is 13.4. The lowest BCUT2D eigenvalue weighted by molar-refractivity contribution is -0.120. The highest BCUT2D eigenvalue weighted by atomic mass is 19.1. The molecule has 2 amide bonds. The number of rotatable bonds is 1. The smallest absolute Gasteiger partial charge is 0.261 e. The number of nitriles is 1. The third-order valence-corrected chi connectivity index (χ3v) is 2.94. The van der Waals surface area contributed by atoms with Crippen LogP contribution in [0.4, 0.5) is 10.1 Å². The Morgan fingerprint density at radius 3 is 2.22 bits per heavy atom. The monoisotopic (exact) mass is 244 g/mol. The van der Waals surface area contributed by atoms with E-state index in [1.807, 2.05) is 0 Å². The second-order valence-electron chi connectivity index (χ2n) is 3.97. The Kier molecular flexibility index (Phi) is 2.71. The van der Waals surface area contributed by atoms with E-state index >= 15 is 0 Å². The summed E-state index contributed by atoms with van der Waals surface area (Å²) in [5.41, 5.74) is 0.736. The van der Waals surface area contributed by atoms with Crippen molar-refractivity contribution in [2.45, 2.75) is 13.8 Å². The van der Waals surface area contributed by atoms with Crippen LogP contribution in [0.1, 0.15) is 19.4 Å². The first-order valence-corrected chi connectivity index (χ1v) is 5.23. The van der Waals surface area contributed by atoms with Gasteiger partial charge in [0.1, 0.15) is 11.9 Å². The molecule has 18 heavy (non-hydrogen) atoms. The molecular formula is C13H9FN2O2. The van der Waals surface area contributed by atoms with Crippen molar-refractivity contribution in [3.8, 4) is 6.07 Å². The summed E-state index contributed by atoms with van der Waals surface area (Å²) in [5.74, 6) is -1.55. The molecule has 0 aliphatic carbocycles. The summed E-state index contributed by atoms with van der Waals surface area (Å²) in [6.07, 6.45) is 0. The molecule has 1 aliphatic heterocycles.